The van der Waals surface area contributed by atoms with Crippen LogP contribution in [0.25, 0.3) is 6.08 Å². The number of hydrogen-bond donors (Lipinski definition) is 3. The van der Waals surface area contributed by atoms with E-state index in [1.807, 2.05) is 0 Å². The Kier molecular flexibility index (Phi) is 10.7. The van der Waals surface area contributed by atoms with Gasteiger partial charge in [0.05, 0.1) is 29.1 Å². The Hall–Kier alpha value is -4.74. The van der Waals surface area contributed by atoms with Crippen LogP contribution in [0.1, 0.15) is 21.5 Å². The van der Waals surface area contributed by atoms with Gasteiger partial charge in [-0.3, -0.25) is 14.4 Å². The lowest BCUT2D eigenvalue weighted by Crippen LogP contribution is -2.30. The predicted molar refractivity (Wildman–Crippen MR) is 166 cm³/mol. The lowest BCUT2D eigenvalue weighted by molar-refractivity contribution is -0.137. The first-order chi connectivity index (χ1) is 21.0. The van der Waals surface area contributed by atoms with Gasteiger partial charge in [-0.05, 0) is 78.4 Å². The zero-order valence-corrected chi connectivity index (χ0v) is 24.6. The molecule has 0 spiro atoms. The summed E-state index contributed by atoms with van der Waals surface area (Å²) < 4.78 is 44.2. The molecular formula is C32H25ClF3N3O4S. The van der Waals surface area contributed by atoms with Gasteiger partial charge in [0.25, 0.3) is 11.8 Å². The molecule has 44 heavy (non-hydrogen) atoms. The number of thioether (sulfide) groups is 1. The molecule has 0 fully saturated rings. The van der Waals surface area contributed by atoms with Gasteiger partial charge in [0.1, 0.15) is 11.4 Å². The van der Waals surface area contributed by atoms with E-state index >= 15 is 0 Å². The first kappa shape index (κ1) is 32.2. The molecule has 0 aliphatic heterocycles. The summed E-state index contributed by atoms with van der Waals surface area (Å²) in [5, 5.41) is 7.80. The Bertz CT molecular complexity index is 1660. The number of hydrogen-bond acceptors (Lipinski definition) is 5. The molecule has 0 aromatic heterocycles. The molecule has 0 atom stereocenters. The second kappa shape index (κ2) is 14.6. The molecule has 0 saturated carbocycles. The van der Waals surface area contributed by atoms with E-state index in [1.54, 1.807) is 86.0 Å². The molecule has 0 heterocycles. The van der Waals surface area contributed by atoms with Crippen molar-refractivity contribution in [1.82, 2.24) is 5.32 Å². The quantitative estimate of drug-likeness (QED) is 0.123. The molecule has 0 unspecified atom stereocenters. The van der Waals surface area contributed by atoms with Crippen LogP contribution >= 0.6 is 23.4 Å². The minimum atomic E-state index is -4.57. The summed E-state index contributed by atoms with van der Waals surface area (Å²) in [5.41, 5.74) is 0.399. The van der Waals surface area contributed by atoms with Crippen molar-refractivity contribution in [1.29, 1.82) is 0 Å². The number of carbonyl (C=O) groups is 3. The van der Waals surface area contributed by atoms with Crippen LogP contribution in [0.4, 0.5) is 24.5 Å². The average molecular weight is 640 g/mol. The number of nitrogens with one attached hydrogen (secondary N) is 3. The minimum absolute atomic E-state index is 0.00685. The fourth-order valence-electron chi connectivity index (χ4n) is 3.77. The Balaban J connectivity index is 1.40. The van der Waals surface area contributed by atoms with E-state index in [0.29, 0.717) is 27.5 Å². The van der Waals surface area contributed by atoms with E-state index in [9.17, 15) is 27.6 Å². The van der Waals surface area contributed by atoms with Crippen LogP contribution in [0.15, 0.2) is 108 Å². The molecule has 4 aromatic carbocycles. The topological polar surface area (TPSA) is 96.5 Å². The molecule has 3 amide bonds. The lowest BCUT2D eigenvalue weighted by Gasteiger charge is -2.12. The summed E-state index contributed by atoms with van der Waals surface area (Å²) >= 11 is 7.09. The van der Waals surface area contributed by atoms with Crippen LogP contribution in [0.2, 0.25) is 5.02 Å². The molecule has 4 rings (SSSR count). The monoisotopic (exact) mass is 639 g/mol. The minimum Gasteiger partial charge on any atom is -0.497 e. The van der Waals surface area contributed by atoms with Crippen LogP contribution in [-0.4, -0.2) is 30.6 Å². The fourth-order valence-corrected chi connectivity index (χ4v) is 4.64. The van der Waals surface area contributed by atoms with Crippen molar-refractivity contribution in [2.75, 3.05) is 23.5 Å². The Labute approximate surface area is 260 Å². The Morgan fingerprint density at radius 1 is 0.886 bits per heavy atom. The van der Waals surface area contributed by atoms with Gasteiger partial charge in [-0.1, -0.05) is 41.9 Å². The Morgan fingerprint density at radius 3 is 2.20 bits per heavy atom. The highest BCUT2D eigenvalue weighted by molar-refractivity contribution is 8.00. The van der Waals surface area contributed by atoms with Crippen molar-refractivity contribution >= 4 is 58.5 Å². The highest BCUT2D eigenvalue weighted by Crippen LogP contribution is 2.34. The number of rotatable bonds is 10. The molecular weight excluding hydrogens is 615 g/mol. The summed E-state index contributed by atoms with van der Waals surface area (Å²) in [5.74, 6) is -1.04. The lowest BCUT2D eigenvalue weighted by atomic mass is 10.1. The summed E-state index contributed by atoms with van der Waals surface area (Å²) in [6.07, 6.45) is -3.04. The summed E-state index contributed by atoms with van der Waals surface area (Å²) in [6, 6.07) is 24.7. The highest BCUT2D eigenvalue weighted by Gasteiger charge is 2.31. The van der Waals surface area contributed by atoms with Crippen molar-refractivity contribution in [3.8, 4) is 5.75 Å². The third kappa shape index (κ3) is 9.13. The molecule has 12 heteroatoms. The number of halogens is 4. The van der Waals surface area contributed by atoms with Crippen LogP contribution in [0.5, 0.6) is 5.75 Å². The number of anilines is 2. The van der Waals surface area contributed by atoms with Gasteiger partial charge in [-0.15, -0.1) is 11.8 Å². The van der Waals surface area contributed by atoms with Crippen LogP contribution in [-0.2, 0) is 15.8 Å². The van der Waals surface area contributed by atoms with E-state index in [1.165, 1.54) is 6.08 Å². The maximum absolute atomic E-state index is 13.2. The molecule has 7 nitrogen and oxygen atoms in total. The molecule has 0 bridgehead atoms. The van der Waals surface area contributed by atoms with Gasteiger partial charge < -0.3 is 20.7 Å². The number of amides is 3. The first-order valence-corrected chi connectivity index (χ1v) is 14.3. The van der Waals surface area contributed by atoms with Crippen molar-refractivity contribution in [3.63, 3.8) is 0 Å². The van der Waals surface area contributed by atoms with Crippen molar-refractivity contribution < 1.29 is 32.3 Å². The number of alkyl halides is 3. The van der Waals surface area contributed by atoms with Crippen molar-refractivity contribution in [2.45, 2.75) is 11.1 Å². The third-order valence-corrected chi connectivity index (χ3v) is 7.35. The maximum Gasteiger partial charge on any atom is 0.416 e. The van der Waals surface area contributed by atoms with E-state index in [-0.39, 0.29) is 22.2 Å². The molecule has 3 N–H and O–H groups in total. The number of carbonyl (C=O) groups excluding carboxylic acids is 3. The van der Waals surface area contributed by atoms with Gasteiger partial charge >= 0.3 is 6.18 Å². The largest absolute Gasteiger partial charge is 0.497 e. The fraction of sp³-hybridized carbons (Fsp3) is 0.0938. The van der Waals surface area contributed by atoms with Gasteiger partial charge in [0, 0.05) is 16.1 Å². The molecule has 0 aliphatic rings. The smallest absolute Gasteiger partial charge is 0.416 e. The average Bonchev–Trinajstić information content (AvgIpc) is 3.01. The van der Waals surface area contributed by atoms with Gasteiger partial charge in [0.15, 0.2) is 0 Å². The molecule has 0 aliphatic carbocycles. The molecule has 226 valence electrons. The number of methoxy groups -OCH3 is 1. The molecule has 0 saturated heterocycles. The molecule has 0 radical (unpaired) electrons. The molecule has 4 aromatic rings. The Morgan fingerprint density at radius 2 is 1.57 bits per heavy atom. The van der Waals surface area contributed by atoms with Crippen LogP contribution in [0, 0.1) is 0 Å². The van der Waals surface area contributed by atoms with Crippen molar-refractivity contribution in [2.24, 2.45) is 0 Å². The van der Waals surface area contributed by atoms with E-state index in [2.05, 4.69) is 16.0 Å². The van der Waals surface area contributed by atoms with Crippen molar-refractivity contribution in [3.05, 3.63) is 124 Å². The zero-order chi connectivity index (χ0) is 31.7. The van der Waals surface area contributed by atoms with Crippen LogP contribution in [0.3, 0.4) is 0 Å². The van der Waals surface area contributed by atoms with Crippen LogP contribution < -0.4 is 20.7 Å². The second-order valence-electron chi connectivity index (χ2n) is 9.16. The highest BCUT2D eigenvalue weighted by atomic mass is 35.5. The summed E-state index contributed by atoms with van der Waals surface area (Å²) in [6.45, 7) is 0. The number of benzene rings is 4. The predicted octanol–water partition coefficient (Wildman–Crippen LogP) is 7.51. The summed E-state index contributed by atoms with van der Waals surface area (Å²) in [7, 11) is 1.54. The van der Waals surface area contributed by atoms with Gasteiger partial charge in [0.2, 0.25) is 5.91 Å². The third-order valence-electron chi connectivity index (χ3n) is 6.01. The maximum atomic E-state index is 13.2. The number of ether oxygens (including phenoxy) is 1. The summed E-state index contributed by atoms with van der Waals surface area (Å²) in [4.78, 5) is 39.1. The normalized spacial score (nSPS) is 11.4. The van der Waals surface area contributed by atoms with Gasteiger partial charge in [-0.25, -0.2) is 0 Å². The SMILES string of the molecule is COc1ccc(/C=C(\NC(=O)c2ccccc2)C(=O)Nc2ccc(SCC(=O)Nc3cc(C(F)(F)F)ccc3Cl)cc2)cc1. The second-order valence-corrected chi connectivity index (χ2v) is 10.6. The first-order valence-electron chi connectivity index (χ1n) is 12.9. The van der Waals surface area contributed by atoms with E-state index < -0.39 is 29.5 Å². The zero-order valence-electron chi connectivity index (χ0n) is 23.1. The van der Waals surface area contributed by atoms with Gasteiger partial charge in [-0.2, -0.15) is 13.2 Å². The van der Waals surface area contributed by atoms with E-state index in [0.717, 1.165) is 30.0 Å². The van der Waals surface area contributed by atoms with E-state index in [4.69, 9.17) is 16.3 Å². The standard InChI is InChI=1S/C32H25ClF3N3O4S/c1-43-24-12-7-20(8-13-24)17-28(39-30(41)21-5-3-2-4-6-21)31(42)37-23-10-14-25(15-11-23)44-19-29(40)38-27-18-22(32(34,35)36)9-16-26(27)33/h2-18H,19H2,1H3,(H,37,42)(H,38,40)(H,39,41)/b28-17-.